The number of nitrogen functional groups attached to an aromatic ring is 1. The van der Waals surface area contributed by atoms with E-state index in [1.54, 1.807) is 41.3 Å². The number of β-amino-alcohol motifs (C(OH)–C–C–N with tert-alkyl or cyclic N) is 1. The molecule has 0 aliphatic carbocycles. The maximum Gasteiger partial charge on any atom is 0.253 e. The first-order valence-corrected chi connectivity index (χ1v) is 11.6. The molecule has 1 aliphatic heterocycles. The molecular formula is C25H25Cl2N4O3+. The number of anilines is 1. The second-order valence-corrected chi connectivity index (χ2v) is 9.03. The molecule has 0 bridgehead atoms. The highest BCUT2D eigenvalue weighted by Crippen LogP contribution is 2.33. The lowest BCUT2D eigenvalue weighted by atomic mass is 9.98. The molecule has 7 nitrogen and oxygen atoms in total. The minimum Gasteiger partial charge on any atom is -0.486 e. The summed E-state index contributed by atoms with van der Waals surface area (Å²) in [7, 11) is 0. The molecule has 1 amide bonds. The molecule has 0 saturated carbocycles. The number of benzene rings is 2. The number of amides is 1. The van der Waals surface area contributed by atoms with Crippen molar-refractivity contribution in [3.63, 3.8) is 0 Å². The van der Waals surface area contributed by atoms with Crippen LogP contribution in [0.4, 0.5) is 5.69 Å². The fraction of sp³-hybridized carbons (Fsp3) is 0.240. The van der Waals surface area contributed by atoms with Gasteiger partial charge in [-0.25, -0.2) is 0 Å². The molecule has 1 aromatic heterocycles. The highest BCUT2D eigenvalue weighted by Gasteiger charge is 2.26. The van der Waals surface area contributed by atoms with Crippen LogP contribution < -0.4 is 15.9 Å². The average Bonchev–Trinajstić information content (AvgIpc) is 3.25. The SMILES string of the molecule is C[C@@H](Oc1ccc(N)c(C(=[NH2+])c2cccc(C(=O)N3CC[C@H](O)C3)c2)c1)c1c(Cl)cncc1Cl. The van der Waals surface area contributed by atoms with E-state index in [0.29, 0.717) is 69.0 Å². The van der Waals surface area contributed by atoms with E-state index in [2.05, 4.69) is 4.98 Å². The molecule has 3 aromatic rings. The van der Waals surface area contributed by atoms with Crippen LogP contribution in [0.3, 0.4) is 0 Å². The first kappa shape index (κ1) is 24.0. The van der Waals surface area contributed by atoms with Gasteiger partial charge in [-0.05, 0) is 49.7 Å². The molecule has 9 heteroatoms. The third-order valence-corrected chi connectivity index (χ3v) is 6.40. The van der Waals surface area contributed by atoms with Gasteiger partial charge in [0, 0.05) is 47.9 Å². The van der Waals surface area contributed by atoms with Crippen LogP contribution >= 0.6 is 23.2 Å². The van der Waals surface area contributed by atoms with Crippen molar-refractivity contribution in [3.05, 3.63) is 87.2 Å². The standard InChI is InChI=1S/C25H24Cl2N4O3/c1-14(23-20(26)11-30-12-21(23)27)34-18-5-6-22(28)19(10-18)24(29)15-3-2-4-16(9-15)25(33)31-8-7-17(32)13-31/h2-6,9-12,14,17,29,32H,7-8,13,28H2,1H3/p+1/t14-,17+/m1/s1. The third-order valence-electron chi connectivity index (χ3n) is 5.80. The van der Waals surface area contributed by atoms with Crippen molar-refractivity contribution in [2.75, 3.05) is 18.8 Å². The van der Waals surface area contributed by atoms with Crippen LogP contribution in [0.15, 0.2) is 54.9 Å². The Morgan fingerprint density at radius 2 is 1.91 bits per heavy atom. The molecule has 2 atom stereocenters. The minimum absolute atomic E-state index is 0.142. The molecule has 0 unspecified atom stereocenters. The lowest BCUT2D eigenvalue weighted by Gasteiger charge is -2.18. The fourth-order valence-electron chi connectivity index (χ4n) is 4.00. The second kappa shape index (κ2) is 10.0. The van der Waals surface area contributed by atoms with Crippen LogP contribution in [-0.2, 0) is 0 Å². The smallest absolute Gasteiger partial charge is 0.253 e. The number of aliphatic hydroxyl groups is 1. The molecule has 2 heterocycles. The summed E-state index contributed by atoms with van der Waals surface area (Å²) in [6.45, 7) is 2.69. The van der Waals surface area contributed by atoms with Crippen LogP contribution in [0.2, 0.25) is 10.0 Å². The van der Waals surface area contributed by atoms with Crippen molar-refractivity contribution in [2.45, 2.75) is 25.6 Å². The number of likely N-dealkylation sites (tertiary alicyclic amines) is 1. The molecule has 0 radical (unpaired) electrons. The largest absolute Gasteiger partial charge is 0.486 e. The normalized spacial score (nSPS) is 16.4. The predicted molar refractivity (Wildman–Crippen MR) is 132 cm³/mol. The van der Waals surface area contributed by atoms with Gasteiger partial charge in [0.1, 0.15) is 11.9 Å². The lowest BCUT2D eigenvalue weighted by molar-refractivity contribution is -0.111. The zero-order valence-corrected chi connectivity index (χ0v) is 20.1. The number of hydrogen-bond acceptors (Lipinski definition) is 5. The molecular weight excluding hydrogens is 475 g/mol. The molecule has 4 rings (SSSR count). The first-order valence-electron chi connectivity index (χ1n) is 10.8. The number of rotatable bonds is 6. The summed E-state index contributed by atoms with van der Waals surface area (Å²) < 4.78 is 6.08. The molecule has 1 aliphatic rings. The summed E-state index contributed by atoms with van der Waals surface area (Å²) in [5.74, 6) is 0.387. The van der Waals surface area contributed by atoms with E-state index in [-0.39, 0.29) is 5.91 Å². The zero-order chi connectivity index (χ0) is 24.4. The highest BCUT2D eigenvalue weighted by molar-refractivity contribution is 6.35. The van der Waals surface area contributed by atoms with Crippen LogP contribution in [0.25, 0.3) is 0 Å². The Morgan fingerprint density at radius 3 is 2.59 bits per heavy atom. The summed E-state index contributed by atoms with van der Waals surface area (Å²) in [6, 6.07) is 12.2. The number of halogens is 2. The Kier molecular flexibility index (Phi) is 7.07. The van der Waals surface area contributed by atoms with E-state index < -0.39 is 12.2 Å². The number of nitrogens with two attached hydrogens (primary N) is 2. The van der Waals surface area contributed by atoms with Crippen molar-refractivity contribution < 1.29 is 20.0 Å². The summed E-state index contributed by atoms with van der Waals surface area (Å²) in [5, 5.41) is 17.1. The maximum absolute atomic E-state index is 12.8. The number of carbonyl (C=O) groups is 1. The van der Waals surface area contributed by atoms with Gasteiger partial charge in [0.2, 0.25) is 5.71 Å². The van der Waals surface area contributed by atoms with Gasteiger partial charge in [-0.15, -0.1) is 0 Å². The van der Waals surface area contributed by atoms with Gasteiger partial charge in [0.15, 0.2) is 0 Å². The van der Waals surface area contributed by atoms with Crippen molar-refractivity contribution in [1.82, 2.24) is 9.88 Å². The van der Waals surface area contributed by atoms with E-state index in [4.69, 9.17) is 39.1 Å². The van der Waals surface area contributed by atoms with Crippen molar-refractivity contribution in [2.24, 2.45) is 0 Å². The molecule has 1 fully saturated rings. The van der Waals surface area contributed by atoms with Gasteiger partial charge in [0.05, 0.1) is 21.7 Å². The maximum atomic E-state index is 12.8. The number of ether oxygens (including phenoxy) is 1. The number of nitrogens with zero attached hydrogens (tertiary/aromatic N) is 2. The summed E-state index contributed by atoms with van der Waals surface area (Å²) in [5.41, 5.74) is 9.46. The van der Waals surface area contributed by atoms with Crippen molar-refractivity contribution in [3.8, 4) is 5.75 Å². The summed E-state index contributed by atoms with van der Waals surface area (Å²) in [4.78, 5) is 18.4. The van der Waals surface area contributed by atoms with Gasteiger partial charge < -0.3 is 20.5 Å². The Morgan fingerprint density at radius 1 is 1.21 bits per heavy atom. The Balaban J connectivity index is 1.57. The average molecular weight is 500 g/mol. The van der Waals surface area contributed by atoms with Crippen LogP contribution in [0.5, 0.6) is 5.75 Å². The fourth-order valence-corrected chi connectivity index (χ4v) is 4.67. The van der Waals surface area contributed by atoms with E-state index in [9.17, 15) is 9.90 Å². The minimum atomic E-state index is -0.481. The van der Waals surface area contributed by atoms with Crippen LogP contribution in [-0.4, -0.2) is 45.8 Å². The Labute approximate surface area is 207 Å². The first-order chi connectivity index (χ1) is 16.2. The number of hydrogen-bond donors (Lipinski definition) is 3. The van der Waals surface area contributed by atoms with E-state index in [1.807, 2.05) is 13.0 Å². The Bertz CT molecular complexity index is 1230. The monoisotopic (exact) mass is 499 g/mol. The zero-order valence-electron chi connectivity index (χ0n) is 18.5. The van der Waals surface area contributed by atoms with E-state index in [1.165, 1.54) is 12.4 Å². The molecule has 34 heavy (non-hydrogen) atoms. The summed E-state index contributed by atoms with van der Waals surface area (Å²) in [6.07, 6.45) is 2.68. The number of carbonyl (C=O) groups excluding carboxylic acids is 1. The second-order valence-electron chi connectivity index (χ2n) is 8.21. The lowest BCUT2D eigenvalue weighted by Crippen LogP contribution is -2.41. The molecule has 5 N–H and O–H groups in total. The number of aliphatic hydroxyl groups excluding tert-OH is 1. The molecule has 0 spiro atoms. The van der Waals surface area contributed by atoms with Crippen molar-refractivity contribution in [1.29, 1.82) is 0 Å². The van der Waals surface area contributed by atoms with Crippen LogP contribution in [0, 0.1) is 0 Å². The number of aromatic nitrogens is 1. The Hall–Kier alpha value is -3.13. The van der Waals surface area contributed by atoms with Gasteiger partial charge in [-0.1, -0.05) is 29.3 Å². The highest BCUT2D eigenvalue weighted by atomic mass is 35.5. The topological polar surface area (TPSA) is 114 Å². The van der Waals surface area contributed by atoms with Crippen LogP contribution in [0.1, 0.15) is 46.5 Å². The van der Waals surface area contributed by atoms with Gasteiger partial charge in [-0.3, -0.25) is 15.2 Å². The molecule has 1 saturated heterocycles. The molecule has 176 valence electrons. The van der Waals surface area contributed by atoms with E-state index >= 15 is 0 Å². The molecule has 2 aromatic carbocycles. The van der Waals surface area contributed by atoms with Gasteiger partial charge in [-0.2, -0.15) is 0 Å². The quantitative estimate of drug-likeness (QED) is 0.356. The summed E-state index contributed by atoms with van der Waals surface area (Å²) >= 11 is 12.5. The predicted octanol–water partition coefficient (Wildman–Crippen LogP) is 2.91. The van der Waals surface area contributed by atoms with Gasteiger partial charge in [0.25, 0.3) is 5.91 Å². The van der Waals surface area contributed by atoms with E-state index in [0.717, 1.165) is 0 Å². The van der Waals surface area contributed by atoms with Crippen molar-refractivity contribution >= 4 is 40.5 Å². The number of pyridine rings is 1. The third kappa shape index (κ3) is 5.01. The van der Waals surface area contributed by atoms with Gasteiger partial charge >= 0.3 is 0 Å².